The van der Waals surface area contributed by atoms with Gasteiger partial charge in [0.1, 0.15) is 0 Å². The molecule has 0 saturated heterocycles. The molecule has 3 nitrogen and oxygen atoms in total. The molecule has 2 radical (unpaired) electrons. The van der Waals surface area contributed by atoms with Crippen LogP contribution in [0.1, 0.15) is 45.7 Å². The molecule has 4 heteroatoms. The fraction of sp³-hybridized carbons (Fsp3) is 0.526. The van der Waals surface area contributed by atoms with E-state index in [1.54, 1.807) is 0 Å². The molecular weight excluding hydrogens is 283 g/mol. The molecule has 23 heavy (non-hydrogen) atoms. The van der Waals surface area contributed by atoms with Crippen LogP contribution in [0.15, 0.2) is 36.8 Å². The third-order valence-electron chi connectivity index (χ3n) is 4.89. The molecule has 1 N–H and O–H groups in total. The van der Waals surface area contributed by atoms with Gasteiger partial charge in [0.2, 0.25) is 0 Å². The zero-order valence-corrected chi connectivity index (χ0v) is 14.8. The van der Waals surface area contributed by atoms with E-state index in [0.717, 1.165) is 6.42 Å². The molecule has 1 aromatic heterocycles. The third-order valence-corrected chi connectivity index (χ3v) is 4.89. The Balaban J connectivity index is 0.000000448. The number of hydrogen-bond acceptors (Lipinski definition) is 2. The summed E-state index contributed by atoms with van der Waals surface area (Å²) in [6.07, 6.45) is 4.65. The number of nitrogens with zero attached hydrogens (tertiary/aromatic N) is 2. The highest BCUT2D eigenvalue weighted by atomic mass is 16.3. The van der Waals surface area contributed by atoms with Crippen LogP contribution in [0.5, 0.6) is 0 Å². The van der Waals surface area contributed by atoms with E-state index in [2.05, 4.69) is 55.5 Å². The minimum absolute atomic E-state index is 0.0446. The molecule has 2 heterocycles. The fourth-order valence-electron chi connectivity index (χ4n) is 3.85. The van der Waals surface area contributed by atoms with E-state index >= 15 is 0 Å². The van der Waals surface area contributed by atoms with Gasteiger partial charge in [0.05, 0.1) is 38.2 Å². The molecule has 1 aliphatic carbocycles. The molecule has 4 rings (SSSR count). The zero-order chi connectivity index (χ0) is 17.2. The first-order chi connectivity index (χ1) is 11.1. The van der Waals surface area contributed by atoms with Crippen molar-refractivity contribution in [2.75, 3.05) is 0 Å². The van der Waals surface area contributed by atoms with Crippen LogP contribution in [-0.2, 0) is 0 Å². The minimum Gasteiger partial charge on any atom is -0.392 e. The number of aromatic nitrogens is 2. The lowest BCUT2D eigenvalue weighted by Crippen LogP contribution is -2.51. The largest absolute Gasteiger partial charge is 0.392 e. The van der Waals surface area contributed by atoms with Crippen LogP contribution in [0.25, 0.3) is 11.3 Å². The Hall–Kier alpha value is -1.55. The van der Waals surface area contributed by atoms with E-state index in [-0.39, 0.29) is 17.6 Å². The minimum atomic E-state index is -0.237. The second kappa shape index (κ2) is 6.92. The second-order valence-electron chi connectivity index (χ2n) is 6.52. The van der Waals surface area contributed by atoms with Crippen molar-refractivity contribution >= 4 is 7.85 Å². The van der Waals surface area contributed by atoms with E-state index in [0.29, 0.717) is 5.92 Å². The third kappa shape index (κ3) is 2.74. The summed E-state index contributed by atoms with van der Waals surface area (Å²) >= 11 is 0. The predicted molar refractivity (Wildman–Crippen MR) is 96.7 cm³/mol. The summed E-state index contributed by atoms with van der Waals surface area (Å²) in [5.41, 5.74) is 3.82. The maximum Gasteiger partial charge on any atom is 0.0956 e. The van der Waals surface area contributed by atoms with E-state index < -0.39 is 0 Å². The quantitative estimate of drug-likeness (QED) is 0.806. The van der Waals surface area contributed by atoms with Gasteiger partial charge in [-0.25, -0.2) is 4.98 Å². The molecule has 3 unspecified atom stereocenters. The molecule has 0 amide bonds. The van der Waals surface area contributed by atoms with E-state index in [1.165, 1.54) is 23.6 Å². The molecule has 0 spiro atoms. The molecule has 1 aliphatic heterocycles. The number of benzene rings is 1. The monoisotopic (exact) mass is 310 g/mol. The summed E-state index contributed by atoms with van der Waals surface area (Å²) < 4.78 is 2.23. The maximum atomic E-state index is 10.5. The van der Waals surface area contributed by atoms with Crippen LogP contribution in [-0.4, -0.2) is 28.6 Å². The molecular formula is C19H27BN2O. The SMILES string of the molecule is CC.CC1(C)CC(C2c3ccccc3-c3cncn32)C1O.[B]C. The van der Waals surface area contributed by atoms with Crippen molar-refractivity contribution in [2.45, 2.75) is 53.1 Å². The van der Waals surface area contributed by atoms with Crippen molar-refractivity contribution in [1.82, 2.24) is 9.55 Å². The van der Waals surface area contributed by atoms with Gasteiger partial charge < -0.3 is 9.67 Å². The van der Waals surface area contributed by atoms with Crippen molar-refractivity contribution < 1.29 is 5.11 Å². The van der Waals surface area contributed by atoms with Gasteiger partial charge in [-0.2, -0.15) is 0 Å². The summed E-state index contributed by atoms with van der Waals surface area (Å²) in [6.45, 7) is 9.79. The fourth-order valence-corrected chi connectivity index (χ4v) is 3.85. The number of rotatable bonds is 1. The Bertz CT molecular complexity index is 650. The van der Waals surface area contributed by atoms with Gasteiger partial charge in [-0.05, 0) is 17.4 Å². The van der Waals surface area contributed by atoms with Crippen LogP contribution >= 0.6 is 0 Å². The Morgan fingerprint density at radius 2 is 1.87 bits per heavy atom. The van der Waals surface area contributed by atoms with Gasteiger partial charge in [0.15, 0.2) is 0 Å². The molecule has 2 aliphatic rings. The highest BCUT2D eigenvalue weighted by Gasteiger charge is 2.52. The summed E-state index contributed by atoms with van der Waals surface area (Å²) in [4.78, 5) is 4.28. The van der Waals surface area contributed by atoms with Crippen LogP contribution in [0.4, 0.5) is 0 Å². The number of imidazole rings is 1. The average molecular weight is 310 g/mol. The molecule has 1 fully saturated rings. The average Bonchev–Trinajstić information content (AvgIpc) is 3.17. The van der Waals surface area contributed by atoms with E-state index in [1.807, 2.05) is 26.4 Å². The van der Waals surface area contributed by atoms with Crippen LogP contribution in [0.3, 0.4) is 0 Å². The highest BCUT2D eigenvalue weighted by molar-refractivity contribution is 6.05. The van der Waals surface area contributed by atoms with E-state index in [4.69, 9.17) is 0 Å². The maximum absolute atomic E-state index is 10.5. The lowest BCUT2D eigenvalue weighted by Gasteiger charge is -2.51. The second-order valence-corrected chi connectivity index (χ2v) is 6.52. The van der Waals surface area contributed by atoms with Crippen molar-refractivity contribution in [2.24, 2.45) is 11.3 Å². The summed E-state index contributed by atoms with van der Waals surface area (Å²) in [7, 11) is 4.50. The van der Waals surface area contributed by atoms with Gasteiger partial charge in [-0.3, -0.25) is 0 Å². The Kier molecular flexibility index (Phi) is 5.35. The van der Waals surface area contributed by atoms with Crippen molar-refractivity contribution in [3.05, 3.63) is 42.4 Å². The van der Waals surface area contributed by atoms with Crippen molar-refractivity contribution in [1.29, 1.82) is 0 Å². The number of hydrogen-bond donors (Lipinski definition) is 1. The molecule has 3 atom stereocenters. The zero-order valence-electron chi connectivity index (χ0n) is 14.8. The lowest BCUT2D eigenvalue weighted by molar-refractivity contribution is -0.112. The Labute approximate surface area is 141 Å². The van der Waals surface area contributed by atoms with Crippen molar-refractivity contribution in [3.63, 3.8) is 0 Å². The molecule has 1 aromatic carbocycles. The normalized spacial score (nSPS) is 25.7. The summed E-state index contributed by atoms with van der Waals surface area (Å²) in [5.74, 6) is 0.298. The van der Waals surface area contributed by atoms with Gasteiger partial charge in [0, 0.05) is 11.5 Å². The summed E-state index contributed by atoms with van der Waals surface area (Å²) in [6, 6.07) is 8.74. The molecule has 122 valence electrons. The van der Waals surface area contributed by atoms with Crippen molar-refractivity contribution in [3.8, 4) is 11.3 Å². The topological polar surface area (TPSA) is 38.0 Å². The number of aliphatic hydroxyl groups is 1. The van der Waals surface area contributed by atoms with Crippen LogP contribution in [0.2, 0.25) is 6.82 Å². The Morgan fingerprint density at radius 1 is 1.22 bits per heavy atom. The highest BCUT2D eigenvalue weighted by Crippen LogP contribution is 2.55. The Morgan fingerprint density at radius 3 is 2.48 bits per heavy atom. The molecule has 1 saturated carbocycles. The first kappa shape index (κ1) is 17.8. The number of aliphatic hydroxyl groups excluding tert-OH is 1. The van der Waals surface area contributed by atoms with Gasteiger partial charge in [-0.1, -0.05) is 58.8 Å². The van der Waals surface area contributed by atoms with Crippen LogP contribution < -0.4 is 0 Å². The summed E-state index contributed by atoms with van der Waals surface area (Å²) in [5, 5.41) is 10.5. The molecule has 0 bridgehead atoms. The van der Waals surface area contributed by atoms with Gasteiger partial charge >= 0.3 is 0 Å². The van der Waals surface area contributed by atoms with Crippen LogP contribution in [0, 0.1) is 11.3 Å². The van der Waals surface area contributed by atoms with Gasteiger partial charge in [0.25, 0.3) is 0 Å². The number of fused-ring (bicyclic) bond motifs is 3. The van der Waals surface area contributed by atoms with Gasteiger partial charge in [-0.15, -0.1) is 0 Å². The lowest BCUT2D eigenvalue weighted by atomic mass is 9.58. The smallest absolute Gasteiger partial charge is 0.0956 e. The molecule has 2 aromatic rings. The first-order valence-corrected chi connectivity index (χ1v) is 8.46. The van der Waals surface area contributed by atoms with E-state index in [9.17, 15) is 5.11 Å². The predicted octanol–water partition coefficient (Wildman–Crippen LogP) is 4.09. The first-order valence-electron chi connectivity index (χ1n) is 8.46. The standard InChI is InChI=1S/C16H18N2O.C2H6.CH3B/c1-16(2)7-12(15(16)19)14-11-6-4-3-5-10(11)13-8-17-9-18(13)14;2*1-2/h3-6,8-9,12,14-15,19H,7H2,1-2H3;1-2H3;1H3.